The van der Waals surface area contributed by atoms with E-state index in [1.54, 1.807) is 30.3 Å². The second-order valence-corrected chi connectivity index (χ2v) is 11.7. The molecule has 2 unspecified atom stereocenters. The van der Waals surface area contributed by atoms with Crippen LogP contribution in [0.1, 0.15) is 89.3 Å². The minimum absolute atomic E-state index is 0.0256. The van der Waals surface area contributed by atoms with E-state index >= 15 is 0 Å². The third-order valence-corrected chi connectivity index (χ3v) is 8.05. The Labute approximate surface area is 253 Å². The summed E-state index contributed by atoms with van der Waals surface area (Å²) < 4.78 is 10.9. The van der Waals surface area contributed by atoms with Crippen molar-refractivity contribution in [2.75, 3.05) is 33.9 Å². The van der Waals surface area contributed by atoms with Crippen molar-refractivity contribution >= 4 is 29.5 Å². The van der Waals surface area contributed by atoms with E-state index in [2.05, 4.69) is 26.0 Å². The molecule has 0 aliphatic heterocycles. The van der Waals surface area contributed by atoms with Gasteiger partial charge >= 0.3 is 6.09 Å². The van der Waals surface area contributed by atoms with Crippen molar-refractivity contribution in [3.05, 3.63) is 69.7 Å². The summed E-state index contributed by atoms with van der Waals surface area (Å²) in [5, 5.41) is 12.6. The molecule has 2 aliphatic carbocycles. The van der Waals surface area contributed by atoms with E-state index in [0.29, 0.717) is 34.2 Å². The maximum atomic E-state index is 13.7. The molecule has 2 aromatic carbocycles. The van der Waals surface area contributed by atoms with Gasteiger partial charge < -0.3 is 30.7 Å². The largest absolute Gasteiger partial charge is 0.453 e. The molecule has 228 valence electrons. The van der Waals surface area contributed by atoms with E-state index in [1.165, 1.54) is 39.2 Å². The molecule has 0 radical (unpaired) electrons. The van der Waals surface area contributed by atoms with E-state index in [1.807, 2.05) is 19.2 Å². The van der Waals surface area contributed by atoms with E-state index in [0.717, 1.165) is 24.8 Å². The fourth-order valence-corrected chi connectivity index (χ4v) is 5.75. The van der Waals surface area contributed by atoms with Crippen LogP contribution in [0.4, 0.5) is 4.79 Å². The van der Waals surface area contributed by atoms with Gasteiger partial charge in [-0.2, -0.15) is 0 Å². The van der Waals surface area contributed by atoms with Crippen LogP contribution in [0, 0.1) is 5.92 Å². The standard InChI is InChI=1S/C32H43ClN4O5/c1-34-20-28(15-21-7-4-3-5-8-21)37-31(39)25-17-23(16-24(18-25)30(38)36-27-11-12-27)29(22-9-6-10-26(33)19-22)42-14-13-35-32(40)41-2/h6,9-10,16-19,21,27-29,34H,3-5,7-8,11-15,20H2,1-2H3,(H,35,40)(H,36,38)(H,37,39). The zero-order chi connectivity index (χ0) is 29.9. The van der Waals surface area contributed by atoms with Gasteiger partial charge in [-0.3, -0.25) is 9.59 Å². The van der Waals surface area contributed by atoms with Gasteiger partial charge in [-0.15, -0.1) is 0 Å². The number of methoxy groups -OCH3 is 1. The lowest BCUT2D eigenvalue weighted by Gasteiger charge is -2.27. The highest BCUT2D eigenvalue weighted by molar-refractivity contribution is 6.30. The number of benzene rings is 2. The second-order valence-electron chi connectivity index (χ2n) is 11.3. The van der Waals surface area contributed by atoms with E-state index in [4.69, 9.17) is 16.3 Å². The number of amides is 3. The summed E-state index contributed by atoms with van der Waals surface area (Å²) in [5.74, 6) is 0.146. The van der Waals surface area contributed by atoms with Gasteiger partial charge in [0.15, 0.2) is 0 Å². The van der Waals surface area contributed by atoms with Crippen LogP contribution in [-0.2, 0) is 9.47 Å². The Morgan fingerprint density at radius 2 is 1.69 bits per heavy atom. The Morgan fingerprint density at radius 3 is 2.36 bits per heavy atom. The van der Waals surface area contributed by atoms with Crippen molar-refractivity contribution < 1.29 is 23.9 Å². The molecule has 0 bridgehead atoms. The minimum atomic E-state index is -0.640. The van der Waals surface area contributed by atoms with Gasteiger partial charge in [-0.05, 0) is 73.7 Å². The number of hydrogen-bond donors (Lipinski definition) is 4. The summed E-state index contributed by atoms with van der Waals surface area (Å²) in [7, 11) is 3.19. The number of alkyl carbamates (subject to hydrolysis) is 1. The smallest absolute Gasteiger partial charge is 0.406 e. The van der Waals surface area contributed by atoms with Crippen LogP contribution < -0.4 is 21.3 Å². The first-order valence-corrected chi connectivity index (χ1v) is 15.3. The monoisotopic (exact) mass is 598 g/mol. The predicted molar refractivity (Wildman–Crippen MR) is 163 cm³/mol. The van der Waals surface area contributed by atoms with Crippen molar-refractivity contribution in [3.8, 4) is 0 Å². The van der Waals surface area contributed by atoms with Gasteiger partial charge in [-0.1, -0.05) is 55.8 Å². The van der Waals surface area contributed by atoms with Crippen molar-refractivity contribution in [1.29, 1.82) is 0 Å². The van der Waals surface area contributed by atoms with Crippen LogP contribution in [-0.4, -0.2) is 63.8 Å². The van der Waals surface area contributed by atoms with E-state index < -0.39 is 12.2 Å². The average molecular weight is 599 g/mol. The summed E-state index contributed by atoms with van der Waals surface area (Å²) in [6.45, 7) is 1.04. The Morgan fingerprint density at radius 1 is 0.952 bits per heavy atom. The maximum absolute atomic E-state index is 13.7. The Bertz CT molecular complexity index is 1220. The number of hydrogen-bond acceptors (Lipinski definition) is 6. The number of rotatable bonds is 14. The number of halogens is 1. The van der Waals surface area contributed by atoms with E-state index in [-0.39, 0.29) is 37.0 Å². The zero-order valence-corrected chi connectivity index (χ0v) is 25.3. The van der Waals surface area contributed by atoms with Crippen molar-refractivity contribution in [1.82, 2.24) is 21.3 Å². The molecule has 2 atom stereocenters. The number of ether oxygens (including phenoxy) is 2. The predicted octanol–water partition coefficient (Wildman–Crippen LogP) is 4.98. The van der Waals surface area contributed by atoms with Crippen LogP contribution in [0.2, 0.25) is 5.02 Å². The van der Waals surface area contributed by atoms with E-state index in [9.17, 15) is 14.4 Å². The Kier molecular flexibility index (Phi) is 12.0. The fourth-order valence-electron chi connectivity index (χ4n) is 5.55. The number of likely N-dealkylation sites (N-methyl/N-ethyl adjacent to an activating group) is 1. The van der Waals surface area contributed by atoms with Gasteiger partial charge in [0.05, 0.1) is 13.7 Å². The van der Waals surface area contributed by atoms with Gasteiger partial charge in [0.1, 0.15) is 6.10 Å². The minimum Gasteiger partial charge on any atom is -0.453 e. The Hall–Kier alpha value is -3.14. The van der Waals surface area contributed by atoms with Gasteiger partial charge in [0.2, 0.25) is 0 Å². The highest BCUT2D eigenvalue weighted by Gasteiger charge is 2.27. The molecule has 3 amide bonds. The van der Waals surface area contributed by atoms with Gasteiger partial charge in [-0.25, -0.2) is 4.79 Å². The molecule has 2 aromatic rings. The lowest BCUT2D eigenvalue weighted by molar-refractivity contribution is 0.0802. The molecular weight excluding hydrogens is 556 g/mol. The number of carbonyl (C=O) groups excluding carboxylic acids is 3. The molecule has 10 heteroatoms. The lowest BCUT2D eigenvalue weighted by atomic mass is 9.84. The highest BCUT2D eigenvalue weighted by Crippen LogP contribution is 2.31. The molecule has 4 N–H and O–H groups in total. The van der Waals surface area contributed by atoms with Crippen molar-refractivity contribution in [3.63, 3.8) is 0 Å². The average Bonchev–Trinajstić information content (AvgIpc) is 3.81. The molecular formula is C32H43ClN4O5. The van der Waals surface area contributed by atoms with Crippen LogP contribution in [0.15, 0.2) is 42.5 Å². The third-order valence-electron chi connectivity index (χ3n) is 7.82. The molecule has 0 aromatic heterocycles. The second kappa shape index (κ2) is 15.9. The first-order chi connectivity index (χ1) is 20.4. The normalized spacial score (nSPS) is 16.7. The summed E-state index contributed by atoms with van der Waals surface area (Å²) >= 11 is 6.33. The first-order valence-electron chi connectivity index (χ1n) is 15.0. The first kappa shape index (κ1) is 31.8. The molecule has 2 aliphatic rings. The highest BCUT2D eigenvalue weighted by atomic mass is 35.5. The molecule has 2 saturated carbocycles. The van der Waals surface area contributed by atoms with Crippen LogP contribution >= 0.6 is 11.6 Å². The SMILES string of the molecule is CNCC(CC1CCCCC1)NC(=O)c1cc(C(=O)NC2CC2)cc(C(OCCNC(=O)OC)c2cccc(Cl)c2)c1. The summed E-state index contributed by atoms with van der Waals surface area (Å²) in [6.07, 6.45) is 7.79. The van der Waals surface area contributed by atoms with Gasteiger partial charge in [0.25, 0.3) is 11.8 Å². The fraction of sp³-hybridized carbons (Fsp3) is 0.531. The van der Waals surface area contributed by atoms with Crippen LogP contribution in [0.5, 0.6) is 0 Å². The van der Waals surface area contributed by atoms with Crippen LogP contribution in [0.25, 0.3) is 0 Å². The van der Waals surface area contributed by atoms with Crippen LogP contribution in [0.3, 0.4) is 0 Å². The molecule has 42 heavy (non-hydrogen) atoms. The number of nitrogens with one attached hydrogen (secondary N) is 4. The molecule has 0 saturated heterocycles. The quantitative estimate of drug-likeness (QED) is 0.228. The molecule has 0 heterocycles. The van der Waals surface area contributed by atoms with Crippen molar-refractivity contribution in [2.24, 2.45) is 5.92 Å². The number of carbonyl (C=O) groups is 3. The Balaban J connectivity index is 1.62. The summed E-state index contributed by atoms with van der Waals surface area (Å²) in [4.78, 5) is 38.5. The molecule has 9 nitrogen and oxygen atoms in total. The zero-order valence-electron chi connectivity index (χ0n) is 24.5. The molecule has 2 fully saturated rings. The van der Waals surface area contributed by atoms with Gasteiger partial charge in [0, 0.05) is 41.3 Å². The summed E-state index contributed by atoms with van der Waals surface area (Å²) in [6, 6.07) is 12.6. The molecule has 4 rings (SSSR count). The maximum Gasteiger partial charge on any atom is 0.406 e. The molecule has 0 spiro atoms. The summed E-state index contributed by atoms with van der Waals surface area (Å²) in [5.41, 5.74) is 2.19. The topological polar surface area (TPSA) is 118 Å². The third kappa shape index (κ3) is 9.71. The van der Waals surface area contributed by atoms with Crippen molar-refractivity contribution in [2.45, 2.75) is 69.6 Å². The lowest BCUT2D eigenvalue weighted by Crippen LogP contribution is -2.42.